The maximum Gasteiger partial charge on any atom is 0.149 e. The van der Waals surface area contributed by atoms with E-state index in [4.69, 9.17) is 0 Å². The van der Waals surface area contributed by atoms with Gasteiger partial charge < -0.3 is 5.32 Å². The minimum atomic E-state index is -2.93. The molecule has 1 N–H and O–H groups in total. The largest absolute Gasteiger partial charge is 0.310 e. The number of sulfone groups is 1. The zero-order valence-electron chi connectivity index (χ0n) is 10.9. The molecule has 0 amide bonds. The summed E-state index contributed by atoms with van der Waals surface area (Å²) in [7, 11) is -2.93. The Balaban J connectivity index is 2.61. The molecule has 0 aliphatic heterocycles. The Kier molecular flexibility index (Phi) is 4.70. The lowest BCUT2D eigenvalue weighted by Gasteiger charge is -2.06. The van der Waals surface area contributed by atoms with Crippen molar-refractivity contribution >= 4 is 9.84 Å². The first-order chi connectivity index (χ1) is 7.78. The van der Waals surface area contributed by atoms with Gasteiger partial charge in [-0.05, 0) is 6.92 Å². The topological polar surface area (TPSA) is 64.0 Å². The van der Waals surface area contributed by atoms with Crippen molar-refractivity contribution < 1.29 is 8.42 Å². The highest BCUT2D eigenvalue weighted by molar-refractivity contribution is 7.90. The highest BCUT2D eigenvalue weighted by Gasteiger charge is 2.07. The molecule has 0 aromatic carbocycles. The Morgan fingerprint density at radius 1 is 1.47 bits per heavy atom. The molecule has 1 rings (SSSR count). The summed E-state index contributed by atoms with van der Waals surface area (Å²) in [5, 5.41) is 7.62. The average molecular weight is 259 g/mol. The highest BCUT2D eigenvalue weighted by atomic mass is 32.2. The molecule has 0 radical (unpaired) electrons. The molecule has 0 bridgehead atoms. The fraction of sp³-hybridized carbons (Fsp3) is 0.727. The van der Waals surface area contributed by atoms with Gasteiger partial charge in [-0.2, -0.15) is 5.10 Å². The van der Waals surface area contributed by atoms with Crippen molar-refractivity contribution in [1.82, 2.24) is 15.1 Å². The second-order valence-corrected chi connectivity index (χ2v) is 6.93. The highest BCUT2D eigenvalue weighted by Crippen LogP contribution is 2.06. The van der Waals surface area contributed by atoms with E-state index in [1.165, 1.54) is 6.26 Å². The predicted molar refractivity (Wildman–Crippen MR) is 68.7 cm³/mol. The van der Waals surface area contributed by atoms with Gasteiger partial charge >= 0.3 is 0 Å². The summed E-state index contributed by atoms with van der Waals surface area (Å²) in [5.74, 6) is 0.130. The summed E-state index contributed by atoms with van der Waals surface area (Å²) >= 11 is 0. The number of aryl methyl sites for hydroxylation is 2. The van der Waals surface area contributed by atoms with E-state index in [2.05, 4.69) is 24.3 Å². The molecule has 0 fully saturated rings. The number of nitrogens with one attached hydrogen (secondary N) is 1. The first kappa shape index (κ1) is 14.2. The van der Waals surface area contributed by atoms with Crippen LogP contribution < -0.4 is 5.32 Å². The second kappa shape index (κ2) is 5.64. The standard InChI is InChI=1S/C11H21N3O2S/c1-9(2)12-7-11-8-14(13-10(11)3)5-6-17(4,15)16/h8-9,12H,5-7H2,1-4H3. The zero-order chi connectivity index (χ0) is 13.1. The van der Waals surface area contributed by atoms with Crippen LogP contribution in [-0.2, 0) is 22.9 Å². The van der Waals surface area contributed by atoms with E-state index in [0.29, 0.717) is 12.6 Å². The van der Waals surface area contributed by atoms with Crippen molar-refractivity contribution in [3.63, 3.8) is 0 Å². The van der Waals surface area contributed by atoms with Gasteiger partial charge in [0.25, 0.3) is 0 Å². The smallest absolute Gasteiger partial charge is 0.149 e. The van der Waals surface area contributed by atoms with Gasteiger partial charge in [-0.25, -0.2) is 8.42 Å². The number of aromatic nitrogens is 2. The van der Waals surface area contributed by atoms with E-state index in [1.807, 2.05) is 13.1 Å². The molecule has 0 saturated heterocycles. The quantitative estimate of drug-likeness (QED) is 0.818. The van der Waals surface area contributed by atoms with E-state index in [1.54, 1.807) is 4.68 Å². The molecule has 1 aromatic rings. The van der Waals surface area contributed by atoms with Gasteiger partial charge in [0.2, 0.25) is 0 Å². The first-order valence-corrected chi connectivity index (χ1v) is 7.78. The summed E-state index contributed by atoms with van der Waals surface area (Å²) in [6, 6.07) is 0.425. The van der Waals surface area contributed by atoms with Crippen LogP contribution >= 0.6 is 0 Å². The van der Waals surface area contributed by atoms with E-state index < -0.39 is 9.84 Å². The van der Waals surface area contributed by atoms with Gasteiger partial charge in [0.05, 0.1) is 18.0 Å². The number of hydrogen-bond donors (Lipinski definition) is 1. The van der Waals surface area contributed by atoms with Crippen LogP contribution in [0.3, 0.4) is 0 Å². The van der Waals surface area contributed by atoms with Crippen LogP contribution in [-0.4, -0.2) is 36.2 Å². The van der Waals surface area contributed by atoms with Crippen molar-refractivity contribution in [1.29, 1.82) is 0 Å². The Bertz CT molecular complexity index is 463. The van der Waals surface area contributed by atoms with Crippen LogP contribution in [0.25, 0.3) is 0 Å². The molecule has 0 aliphatic carbocycles. The second-order valence-electron chi connectivity index (χ2n) is 4.67. The lowest BCUT2D eigenvalue weighted by atomic mass is 10.2. The normalized spacial score (nSPS) is 12.3. The van der Waals surface area contributed by atoms with Crippen molar-refractivity contribution in [2.75, 3.05) is 12.0 Å². The van der Waals surface area contributed by atoms with Crippen molar-refractivity contribution in [3.8, 4) is 0 Å². The van der Waals surface area contributed by atoms with Crippen LogP contribution in [0.4, 0.5) is 0 Å². The van der Waals surface area contributed by atoms with Gasteiger partial charge in [-0.3, -0.25) is 4.68 Å². The average Bonchev–Trinajstić information content (AvgIpc) is 2.52. The third-order valence-corrected chi connectivity index (χ3v) is 3.36. The van der Waals surface area contributed by atoms with Crippen LogP contribution in [0.2, 0.25) is 0 Å². The Morgan fingerprint density at radius 2 is 2.12 bits per heavy atom. The van der Waals surface area contributed by atoms with E-state index in [-0.39, 0.29) is 5.75 Å². The number of hydrogen-bond acceptors (Lipinski definition) is 4. The minimum absolute atomic E-state index is 0.130. The fourth-order valence-electron chi connectivity index (χ4n) is 1.42. The molecule has 0 aliphatic rings. The van der Waals surface area contributed by atoms with Crippen molar-refractivity contribution in [2.24, 2.45) is 0 Å². The van der Waals surface area contributed by atoms with Gasteiger partial charge in [0, 0.05) is 30.6 Å². The SMILES string of the molecule is Cc1nn(CCS(C)(=O)=O)cc1CNC(C)C. The fourth-order valence-corrected chi connectivity index (χ4v) is 1.94. The lowest BCUT2D eigenvalue weighted by molar-refractivity contribution is 0.583. The van der Waals surface area contributed by atoms with Crippen LogP contribution in [0.1, 0.15) is 25.1 Å². The Morgan fingerprint density at radius 3 is 2.65 bits per heavy atom. The van der Waals surface area contributed by atoms with Gasteiger partial charge in [0.15, 0.2) is 0 Å². The summed E-state index contributed by atoms with van der Waals surface area (Å²) in [6.07, 6.45) is 3.15. The molecule has 1 aromatic heterocycles. The lowest BCUT2D eigenvalue weighted by Crippen LogP contribution is -2.21. The predicted octanol–water partition coefficient (Wildman–Crippen LogP) is 0.734. The molecule has 6 heteroatoms. The third-order valence-electron chi connectivity index (χ3n) is 2.44. The summed E-state index contributed by atoms with van der Waals surface area (Å²) in [4.78, 5) is 0. The van der Waals surface area contributed by atoms with Gasteiger partial charge in [-0.1, -0.05) is 13.8 Å². The molecule has 98 valence electrons. The minimum Gasteiger partial charge on any atom is -0.310 e. The summed E-state index contributed by atoms with van der Waals surface area (Å²) in [6.45, 7) is 7.30. The maximum atomic E-state index is 11.1. The van der Waals surface area contributed by atoms with Gasteiger partial charge in [0.1, 0.15) is 9.84 Å². The van der Waals surface area contributed by atoms with Crippen molar-refractivity contribution in [2.45, 2.75) is 39.9 Å². The van der Waals surface area contributed by atoms with E-state index in [9.17, 15) is 8.42 Å². The number of rotatable bonds is 6. The molecule has 0 spiro atoms. The zero-order valence-corrected chi connectivity index (χ0v) is 11.7. The third kappa shape index (κ3) is 5.32. The Hall–Kier alpha value is -0.880. The molecular weight excluding hydrogens is 238 g/mol. The first-order valence-electron chi connectivity index (χ1n) is 5.72. The molecule has 0 atom stereocenters. The molecular formula is C11H21N3O2S. The molecule has 0 saturated carbocycles. The van der Waals surface area contributed by atoms with Crippen molar-refractivity contribution in [3.05, 3.63) is 17.5 Å². The molecule has 17 heavy (non-hydrogen) atoms. The summed E-state index contributed by atoms with van der Waals surface area (Å²) in [5.41, 5.74) is 2.07. The van der Waals surface area contributed by atoms with Crippen LogP contribution in [0, 0.1) is 6.92 Å². The molecule has 1 heterocycles. The van der Waals surface area contributed by atoms with E-state index >= 15 is 0 Å². The van der Waals surface area contributed by atoms with Crippen LogP contribution in [0.15, 0.2) is 6.20 Å². The molecule has 5 nitrogen and oxygen atoms in total. The van der Waals surface area contributed by atoms with Crippen LogP contribution in [0.5, 0.6) is 0 Å². The monoisotopic (exact) mass is 259 g/mol. The maximum absolute atomic E-state index is 11.1. The number of nitrogens with zero attached hydrogens (tertiary/aromatic N) is 2. The Labute approximate surface area is 103 Å². The van der Waals surface area contributed by atoms with Gasteiger partial charge in [-0.15, -0.1) is 0 Å². The summed E-state index contributed by atoms with van der Waals surface area (Å²) < 4.78 is 23.8. The molecule has 0 unspecified atom stereocenters. The van der Waals surface area contributed by atoms with E-state index in [0.717, 1.165) is 17.8 Å².